The number of ether oxygens (including phenoxy) is 2. The van der Waals surface area contributed by atoms with Crippen LogP contribution in [0.3, 0.4) is 0 Å². The van der Waals surface area contributed by atoms with Crippen molar-refractivity contribution in [3.63, 3.8) is 0 Å². The molecule has 0 spiro atoms. The van der Waals surface area contributed by atoms with Crippen LogP contribution < -0.4 is 9.64 Å². The van der Waals surface area contributed by atoms with Gasteiger partial charge < -0.3 is 13.9 Å². The monoisotopic (exact) mass is 499 g/mol. The fraction of sp³-hybridized carbons (Fsp3) is 0.276. The van der Waals surface area contributed by atoms with Crippen LogP contribution in [0.4, 0.5) is 5.69 Å². The number of furan rings is 1. The van der Waals surface area contributed by atoms with Crippen molar-refractivity contribution in [3.8, 4) is 17.1 Å². The fourth-order valence-electron chi connectivity index (χ4n) is 4.76. The van der Waals surface area contributed by atoms with Crippen molar-refractivity contribution in [2.75, 3.05) is 18.6 Å². The summed E-state index contributed by atoms with van der Waals surface area (Å²) in [7, 11) is 1.63. The first-order valence-electron chi connectivity index (χ1n) is 12.2. The number of para-hydroxylation sites is 1. The number of fused-ring (bicyclic) bond motifs is 1. The quantitative estimate of drug-likeness (QED) is 0.332. The van der Waals surface area contributed by atoms with Gasteiger partial charge >= 0.3 is 5.97 Å². The Bertz CT molecular complexity index is 1460. The van der Waals surface area contributed by atoms with Crippen LogP contribution in [-0.2, 0) is 10.2 Å². The van der Waals surface area contributed by atoms with Gasteiger partial charge in [0.1, 0.15) is 17.8 Å². The summed E-state index contributed by atoms with van der Waals surface area (Å²) >= 11 is 0. The van der Waals surface area contributed by atoms with Gasteiger partial charge in [0.15, 0.2) is 5.69 Å². The van der Waals surface area contributed by atoms with E-state index in [9.17, 15) is 9.59 Å². The molecule has 37 heavy (non-hydrogen) atoms. The van der Waals surface area contributed by atoms with Gasteiger partial charge in [-0.05, 0) is 43.3 Å². The minimum absolute atomic E-state index is 0.187. The molecule has 0 fully saturated rings. The topological polar surface area (TPSA) is 97.7 Å². The summed E-state index contributed by atoms with van der Waals surface area (Å²) in [5.41, 5.74) is 4.63. The third-order valence-corrected chi connectivity index (χ3v) is 6.48. The Balaban J connectivity index is 1.57. The molecule has 0 bridgehead atoms. The molecule has 3 heterocycles. The summed E-state index contributed by atoms with van der Waals surface area (Å²) in [5.74, 6) is 0.609. The highest BCUT2D eigenvalue weighted by Gasteiger charge is 2.45. The summed E-state index contributed by atoms with van der Waals surface area (Å²) < 4.78 is 16.3. The minimum atomic E-state index is -0.430. The smallest absolute Gasteiger partial charge is 0.341 e. The highest BCUT2D eigenvalue weighted by molar-refractivity contribution is 6.11. The van der Waals surface area contributed by atoms with Crippen molar-refractivity contribution in [1.29, 1.82) is 0 Å². The number of esters is 1. The first-order valence-corrected chi connectivity index (χ1v) is 12.2. The van der Waals surface area contributed by atoms with E-state index in [-0.39, 0.29) is 11.3 Å². The van der Waals surface area contributed by atoms with Gasteiger partial charge in [0, 0.05) is 33.5 Å². The summed E-state index contributed by atoms with van der Waals surface area (Å²) in [6.45, 7) is 8.33. The van der Waals surface area contributed by atoms with Crippen molar-refractivity contribution in [1.82, 2.24) is 10.2 Å². The van der Waals surface area contributed by atoms with E-state index in [1.54, 1.807) is 25.0 Å². The molecule has 1 unspecified atom stereocenters. The number of hydrogen-bond acceptors (Lipinski definition) is 6. The molecule has 4 aromatic rings. The van der Waals surface area contributed by atoms with Crippen molar-refractivity contribution in [2.45, 2.75) is 39.2 Å². The van der Waals surface area contributed by atoms with Gasteiger partial charge in [0.05, 0.1) is 25.3 Å². The Morgan fingerprint density at radius 2 is 1.86 bits per heavy atom. The van der Waals surface area contributed by atoms with Gasteiger partial charge in [-0.15, -0.1) is 0 Å². The normalized spacial score (nSPS) is 15.1. The number of carbonyl (C=O) groups is 2. The lowest BCUT2D eigenvalue weighted by atomic mass is 9.85. The Morgan fingerprint density at radius 3 is 2.54 bits per heavy atom. The van der Waals surface area contributed by atoms with Gasteiger partial charge in [0.2, 0.25) is 0 Å². The SMILES string of the molecule is CCOC(=O)c1coc(-c2ccc(N3C(=O)c4n[nH]c(C(C)(C)C)c4C3c3ccccc3OC)cc2)c1. The molecule has 1 amide bonds. The largest absolute Gasteiger partial charge is 0.496 e. The molecule has 2 aromatic carbocycles. The molecule has 1 N–H and O–H groups in total. The molecule has 0 radical (unpaired) electrons. The van der Waals surface area contributed by atoms with E-state index in [1.165, 1.54) is 6.26 Å². The Kier molecular flexibility index (Phi) is 6.11. The second-order valence-corrected chi connectivity index (χ2v) is 9.90. The van der Waals surface area contributed by atoms with Crippen LogP contribution in [0.1, 0.15) is 71.4 Å². The highest BCUT2D eigenvalue weighted by Crippen LogP contribution is 2.47. The van der Waals surface area contributed by atoms with E-state index in [1.807, 2.05) is 48.5 Å². The van der Waals surface area contributed by atoms with Crippen LogP contribution in [0.15, 0.2) is 65.3 Å². The van der Waals surface area contributed by atoms with Crippen LogP contribution in [0.2, 0.25) is 0 Å². The number of H-pyrrole nitrogens is 1. The average Bonchev–Trinajstić information content (AvgIpc) is 3.60. The van der Waals surface area contributed by atoms with Gasteiger partial charge in [-0.25, -0.2) is 4.79 Å². The summed E-state index contributed by atoms with van der Waals surface area (Å²) in [4.78, 5) is 27.5. The van der Waals surface area contributed by atoms with E-state index in [0.29, 0.717) is 35.1 Å². The number of benzene rings is 2. The standard InChI is InChI=1S/C29H29N3O5/c1-6-36-28(34)18-15-22(37-16-18)17-11-13-19(14-12-17)32-25(20-9-7-8-10-21(20)35-5)23-24(27(32)33)30-31-26(23)29(2,3)4/h7-16,25H,6H2,1-5H3,(H,30,31). The summed E-state index contributed by atoms with van der Waals surface area (Å²) in [5, 5.41) is 7.55. The molecule has 1 aliphatic rings. The third-order valence-electron chi connectivity index (χ3n) is 6.48. The maximum Gasteiger partial charge on any atom is 0.341 e. The van der Waals surface area contributed by atoms with Crippen LogP contribution in [0.25, 0.3) is 11.3 Å². The number of anilines is 1. The van der Waals surface area contributed by atoms with E-state index in [4.69, 9.17) is 13.9 Å². The minimum Gasteiger partial charge on any atom is -0.496 e. The molecule has 8 heteroatoms. The third kappa shape index (κ3) is 4.18. The van der Waals surface area contributed by atoms with Crippen LogP contribution in [0, 0.1) is 0 Å². The van der Waals surface area contributed by atoms with E-state index >= 15 is 0 Å². The second kappa shape index (κ2) is 9.28. The molecular formula is C29H29N3O5. The zero-order valence-corrected chi connectivity index (χ0v) is 21.5. The lowest BCUT2D eigenvalue weighted by molar-refractivity contribution is 0.0525. The molecule has 190 valence electrons. The molecule has 0 saturated carbocycles. The van der Waals surface area contributed by atoms with Crippen molar-refractivity contribution >= 4 is 17.6 Å². The Hall–Kier alpha value is -4.33. The number of carbonyl (C=O) groups excluding carboxylic acids is 2. The molecule has 2 aromatic heterocycles. The van der Waals surface area contributed by atoms with E-state index in [0.717, 1.165) is 22.4 Å². The first kappa shape index (κ1) is 24.4. The molecule has 0 aliphatic carbocycles. The molecule has 0 saturated heterocycles. The van der Waals surface area contributed by atoms with Crippen LogP contribution in [0.5, 0.6) is 5.75 Å². The first-order chi connectivity index (χ1) is 17.7. The predicted octanol–water partition coefficient (Wildman–Crippen LogP) is 5.90. The van der Waals surface area contributed by atoms with Crippen molar-refractivity contribution in [2.24, 2.45) is 0 Å². The number of amides is 1. The van der Waals surface area contributed by atoms with E-state index in [2.05, 4.69) is 31.0 Å². The van der Waals surface area contributed by atoms with Gasteiger partial charge in [0.25, 0.3) is 5.91 Å². The van der Waals surface area contributed by atoms with Crippen LogP contribution in [-0.4, -0.2) is 35.8 Å². The number of aromatic amines is 1. The second-order valence-electron chi connectivity index (χ2n) is 9.90. The number of nitrogens with one attached hydrogen (secondary N) is 1. The molecule has 5 rings (SSSR count). The van der Waals surface area contributed by atoms with Gasteiger partial charge in [-0.2, -0.15) is 5.10 Å². The number of nitrogens with zero attached hydrogens (tertiary/aromatic N) is 2. The highest BCUT2D eigenvalue weighted by atomic mass is 16.5. The maximum atomic E-state index is 13.7. The fourth-order valence-corrected chi connectivity index (χ4v) is 4.76. The summed E-state index contributed by atoms with van der Waals surface area (Å²) in [6, 6.07) is 16.4. The number of rotatable bonds is 6. The molecule has 1 aliphatic heterocycles. The lowest BCUT2D eigenvalue weighted by Gasteiger charge is -2.29. The predicted molar refractivity (Wildman–Crippen MR) is 139 cm³/mol. The molecule has 1 atom stereocenters. The van der Waals surface area contributed by atoms with E-state index < -0.39 is 12.0 Å². The van der Waals surface area contributed by atoms with Crippen molar-refractivity contribution in [3.05, 3.63) is 88.9 Å². The zero-order valence-electron chi connectivity index (χ0n) is 21.5. The number of hydrogen-bond donors (Lipinski definition) is 1. The lowest BCUT2D eigenvalue weighted by Crippen LogP contribution is -2.30. The zero-order chi connectivity index (χ0) is 26.3. The molecule has 8 nitrogen and oxygen atoms in total. The van der Waals surface area contributed by atoms with Gasteiger partial charge in [-0.1, -0.05) is 39.0 Å². The molecular weight excluding hydrogens is 470 g/mol. The van der Waals surface area contributed by atoms with Crippen LogP contribution >= 0.6 is 0 Å². The Morgan fingerprint density at radius 1 is 1.14 bits per heavy atom. The maximum absolute atomic E-state index is 13.7. The van der Waals surface area contributed by atoms with Crippen molar-refractivity contribution < 1.29 is 23.5 Å². The Labute approximate surface area is 215 Å². The number of aromatic nitrogens is 2. The summed E-state index contributed by atoms with van der Waals surface area (Å²) in [6.07, 6.45) is 1.38. The average molecular weight is 500 g/mol. The van der Waals surface area contributed by atoms with Gasteiger partial charge in [-0.3, -0.25) is 14.8 Å². The number of methoxy groups -OCH3 is 1.